The first-order valence-corrected chi connectivity index (χ1v) is 6.83. The van der Waals surface area contributed by atoms with Gasteiger partial charge in [0.15, 0.2) is 0 Å². The predicted molar refractivity (Wildman–Crippen MR) is 83.4 cm³/mol. The molecule has 23 heavy (non-hydrogen) atoms. The van der Waals surface area contributed by atoms with Crippen molar-refractivity contribution in [2.45, 2.75) is 0 Å². The molecule has 2 rings (SSSR count). The molecule has 2 aromatic rings. The molecule has 2 amide bonds. The summed E-state index contributed by atoms with van der Waals surface area (Å²) in [5.41, 5.74) is 5.45. The van der Waals surface area contributed by atoms with Crippen molar-refractivity contribution >= 4 is 34.8 Å². The Hall–Kier alpha value is -2.67. The van der Waals surface area contributed by atoms with Crippen molar-refractivity contribution in [1.82, 2.24) is 0 Å². The number of nitrogens with one attached hydrogen (secondary N) is 2. The molecule has 0 bridgehead atoms. The van der Waals surface area contributed by atoms with E-state index in [9.17, 15) is 18.4 Å². The molecule has 0 heterocycles. The van der Waals surface area contributed by atoms with Crippen LogP contribution in [0.2, 0.25) is 5.02 Å². The third-order valence-electron chi connectivity index (χ3n) is 2.89. The van der Waals surface area contributed by atoms with E-state index in [0.717, 1.165) is 12.1 Å². The highest BCUT2D eigenvalue weighted by Crippen LogP contribution is 2.19. The number of nitrogens with two attached hydrogens (primary N) is 1. The number of primary amides is 1. The van der Waals surface area contributed by atoms with Gasteiger partial charge in [0, 0.05) is 11.4 Å². The van der Waals surface area contributed by atoms with Crippen molar-refractivity contribution in [3.05, 3.63) is 58.6 Å². The second-order valence-corrected chi connectivity index (χ2v) is 5.00. The van der Waals surface area contributed by atoms with Crippen molar-refractivity contribution in [3.8, 4) is 0 Å². The summed E-state index contributed by atoms with van der Waals surface area (Å²) in [5, 5.41) is 5.12. The van der Waals surface area contributed by atoms with Crippen LogP contribution in [0.1, 0.15) is 10.4 Å². The minimum Gasteiger partial charge on any atom is -0.376 e. The fourth-order valence-corrected chi connectivity index (χ4v) is 1.97. The molecule has 0 aliphatic rings. The van der Waals surface area contributed by atoms with Crippen LogP contribution in [0.5, 0.6) is 0 Å². The number of anilines is 2. The van der Waals surface area contributed by atoms with E-state index in [1.807, 2.05) is 0 Å². The number of amides is 2. The Balaban J connectivity index is 1.97. The van der Waals surface area contributed by atoms with Crippen molar-refractivity contribution in [1.29, 1.82) is 0 Å². The maximum atomic E-state index is 13.3. The molecule has 120 valence electrons. The van der Waals surface area contributed by atoms with Gasteiger partial charge in [0.1, 0.15) is 11.6 Å². The van der Waals surface area contributed by atoms with E-state index in [4.69, 9.17) is 17.3 Å². The summed E-state index contributed by atoms with van der Waals surface area (Å²) in [6.07, 6.45) is 0. The first-order valence-electron chi connectivity index (χ1n) is 6.45. The lowest BCUT2D eigenvalue weighted by Gasteiger charge is -2.09. The van der Waals surface area contributed by atoms with Crippen molar-refractivity contribution < 1.29 is 18.4 Å². The predicted octanol–water partition coefficient (Wildman–Crippen LogP) is 2.77. The molecule has 0 saturated carbocycles. The molecule has 0 aliphatic heterocycles. The van der Waals surface area contributed by atoms with Gasteiger partial charge in [-0.2, -0.15) is 0 Å². The smallest absolute Gasteiger partial charge is 0.251 e. The second kappa shape index (κ2) is 7.06. The quantitative estimate of drug-likeness (QED) is 0.783. The van der Waals surface area contributed by atoms with E-state index in [1.54, 1.807) is 0 Å². The molecule has 5 nitrogen and oxygen atoms in total. The Morgan fingerprint density at radius 1 is 1.04 bits per heavy atom. The molecular weight excluding hydrogens is 328 g/mol. The Labute approximate surface area is 135 Å². The average Bonchev–Trinajstić information content (AvgIpc) is 2.50. The van der Waals surface area contributed by atoms with Crippen molar-refractivity contribution in [3.63, 3.8) is 0 Å². The summed E-state index contributed by atoms with van der Waals surface area (Å²) >= 11 is 5.61. The zero-order valence-electron chi connectivity index (χ0n) is 11.7. The average molecular weight is 340 g/mol. The third-order valence-corrected chi connectivity index (χ3v) is 3.18. The van der Waals surface area contributed by atoms with Crippen LogP contribution in [-0.4, -0.2) is 18.4 Å². The van der Waals surface area contributed by atoms with E-state index in [2.05, 4.69) is 10.6 Å². The van der Waals surface area contributed by atoms with E-state index in [-0.39, 0.29) is 17.1 Å². The van der Waals surface area contributed by atoms with Gasteiger partial charge in [-0.1, -0.05) is 11.6 Å². The fourth-order valence-electron chi connectivity index (χ4n) is 1.79. The van der Waals surface area contributed by atoms with Gasteiger partial charge >= 0.3 is 0 Å². The number of carbonyl (C=O) groups excluding carboxylic acids is 2. The van der Waals surface area contributed by atoms with Gasteiger partial charge in [0.25, 0.3) is 5.91 Å². The molecule has 0 spiro atoms. The zero-order chi connectivity index (χ0) is 17.0. The molecule has 0 fully saturated rings. The molecule has 0 aromatic heterocycles. The minimum atomic E-state index is -0.906. The summed E-state index contributed by atoms with van der Waals surface area (Å²) < 4.78 is 26.3. The van der Waals surface area contributed by atoms with Crippen LogP contribution in [0.3, 0.4) is 0 Å². The van der Waals surface area contributed by atoms with Crippen LogP contribution in [0.25, 0.3) is 0 Å². The van der Waals surface area contributed by atoms with Gasteiger partial charge in [0.05, 0.1) is 17.1 Å². The van der Waals surface area contributed by atoms with E-state index >= 15 is 0 Å². The molecule has 0 aliphatic carbocycles. The maximum absolute atomic E-state index is 13.3. The zero-order valence-corrected chi connectivity index (χ0v) is 12.5. The number of halogens is 3. The normalized spacial score (nSPS) is 10.2. The first kappa shape index (κ1) is 16.7. The second-order valence-electron chi connectivity index (χ2n) is 4.59. The Bertz CT molecular complexity index is 768. The minimum absolute atomic E-state index is 0.111. The number of benzene rings is 2. The Morgan fingerprint density at radius 3 is 2.35 bits per heavy atom. The highest BCUT2D eigenvalue weighted by atomic mass is 35.5. The molecule has 0 atom stereocenters. The highest BCUT2D eigenvalue weighted by Gasteiger charge is 2.10. The molecular formula is C15H12ClF2N3O2. The molecule has 0 radical (unpaired) electrons. The number of carbonyl (C=O) groups is 2. The van der Waals surface area contributed by atoms with Crippen LogP contribution in [-0.2, 0) is 4.79 Å². The van der Waals surface area contributed by atoms with Crippen LogP contribution >= 0.6 is 11.6 Å². The van der Waals surface area contributed by atoms with Crippen LogP contribution in [0.15, 0.2) is 36.4 Å². The maximum Gasteiger partial charge on any atom is 0.251 e. The van der Waals surface area contributed by atoms with Crippen molar-refractivity contribution in [2.24, 2.45) is 5.73 Å². The lowest BCUT2D eigenvalue weighted by atomic mass is 10.2. The molecule has 0 unspecified atom stereocenters. The van der Waals surface area contributed by atoms with Gasteiger partial charge in [-0.05, 0) is 36.4 Å². The third kappa shape index (κ3) is 4.40. The number of rotatable bonds is 5. The molecule has 2 aromatic carbocycles. The Kier molecular flexibility index (Phi) is 5.13. The molecule has 4 N–H and O–H groups in total. The lowest BCUT2D eigenvalue weighted by Crippen LogP contribution is -2.22. The highest BCUT2D eigenvalue weighted by molar-refractivity contribution is 6.31. The van der Waals surface area contributed by atoms with Crippen LogP contribution in [0.4, 0.5) is 20.2 Å². The monoisotopic (exact) mass is 339 g/mol. The lowest BCUT2D eigenvalue weighted by molar-refractivity contribution is -0.114. The topological polar surface area (TPSA) is 84.2 Å². The molecule has 8 heteroatoms. The van der Waals surface area contributed by atoms with Crippen LogP contribution < -0.4 is 16.4 Å². The van der Waals surface area contributed by atoms with Gasteiger partial charge in [-0.15, -0.1) is 0 Å². The first-order chi connectivity index (χ1) is 10.9. The molecule has 0 saturated heterocycles. The summed E-state index contributed by atoms with van der Waals surface area (Å²) in [7, 11) is 0. The SMILES string of the molecule is NC(=O)c1cc(NCC(=O)Nc2ccc(F)c(Cl)c2)ccc1F. The summed E-state index contributed by atoms with van der Waals surface area (Å²) in [6.45, 7) is -0.154. The summed E-state index contributed by atoms with van der Waals surface area (Å²) in [5.74, 6) is -2.67. The van der Waals surface area contributed by atoms with Gasteiger partial charge in [0.2, 0.25) is 5.91 Å². The number of hydrogen-bond donors (Lipinski definition) is 3. The van der Waals surface area contributed by atoms with Crippen molar-refractivity contribution in [2.75, 3.05) is 17.2 Å². The van der Waals surface area contributed by atoms with E-state index in [1.165, 1.54) is 24.3 Å². The van der Waals surface area contributed by atoms with E-state index in [0.29, 0.717) is 11.4 Å². The standard InChI is InChI=1S/C15H12ClF2N3O2/c16-11-6-9(2-4-13(11)18)21-14(22)7-20-8-1-3-12(17)10(5-8)15(19)23/h1-6,20H,7H2,(H2,19,23)(H,21,22). The summed E-state index contributed by atoms with van der Waals surface area (Å²) in [6, 6.07) is 7.41. The largest absolute Gasteiger partial charge is 0.376 e. The van der Waals surface area contributed by atoms with Crippen LogP contribution in [0, 0.1) is 11.6 Å². The summed E-state index contributed by atoms with van der Waals surface area (Å²) in [4.78, 5) is 22.8. The van der Waals surface area contributed by atoms with Gasteiger partial charge in [-0.25, -0.2) is 8.78 Å². The van der Waals surface area contributed by atoms with Gasteiger partial charge < -0.3 is 16.4 Å². The Morgan fingerprint density at radius 2 is 1.70 bits per heavy atom. The van der Waals surface area contributed by atoms with E-state index < -0.39 is 23.4 Å². The van der Waals surface area contributed by atoms with Gasteiger partial charge in [-0.3, -0.25) is 9.59 Å². The number of hydrogen-bond acceptors (Lipinski definition) is 3. The fraction of sp³-hybridized carbons (Fsp3) is 0.0667.